The van der Waals surface area contributed by atoms with E-state index in [0.29, 0.717) is 43.5 Å². The molecule has 2 aliphatic rings. The van der Waals surface area contributed by atoms with Gasteiger partial charge >= 0.3 is 5.69 Å². The zero-order chi connectivity index (χ0) is 16.0. The molecule has 3 heterocycles. The molecule has 0 N–H and O–H groups in total. The fourth-order valence-corrected chi connectivity index (χ4v) is 2.91. The van der Waals surface area contributed by atoms with Crippen LogP contribution in [0.4, 0.5) is 0 Å². The van der Waals surface area contributed by atoms with Crippen LogP contribution in [0.5, 0.6) is 0 Å². The Morgan fingerprint density at radius 3 is 2.83 bits per heavy atom. The Balaban J connectivity index is 1.55. The van der Waals surface area contributed by atoms with Gasteiger partial charge < -0.3 is 4.90 Å². The fraction of sp³-hybridized carbons (Fsp3) is 0.500. The first-order valence-electron chi connectivity index (χ1n) is 8.00. The number of carbonyl (C=O) groups excluding carboxylic acids is 1. The summed E-state index contributed by atoms with van der Waals surface area (Å²) >= 11 is 0. The second-order valence-corrected chi connectivity index (χ2v) is 6.39. The van der Waals surface area contributed by atoms with Crippen LogP contribution < -0.4 is 5.69 Å². The van der Waals surface area contributed by atoms with E-state index in [0.717, 1.165) is 5.69 Å². The molecule has 1 fully saturated rings. The van der Waals surface area contributed by atoms with Crippen LogP contribution in [-0.4, -0.2) is 36.7 Å². The van der Waals surface area contributed by atoms with Gasteiger partial charge in [0.05, 0.1) is 12.1 Å². The summed E-state index contributed by atoms with van der Waals surface area (Å²) in [4.78, 5) is 30.8. The van der Waals surface area contributed by atoms with E-state index in [-0.39, 0.29) is 11.6 Å². The Bertz CT molecular complexity index is 801. The van der Waals surface area contributed by atoms with Crippen LogP contribution in [0.25, 0.3) is 0 Å². The maximum atomic E-state index is 12.6. The van der Waals surface area contributed by atoms with Gasteiger partial charge in [0.15, 0.2) is 5.82 Å². The van der Waals surface area contributed by atoms with Gasteiger partial charge in [-0.3, -0.25) is 14.3 Å². The number of fused-ring (bicyclic) bond motifs is 1. The average Bonchev–Trinajstić information content (AvgIpc) is 3.32. The van der Waals surface area contributed by atoms with Crippen LogP contribution in [-0.2, 0) is 19.6 Å². The second-order valence-electron chi connectivity index (χ2n) is 6.39. The number of pyridine rings is 1. The molecule has 0 aromatic carbocycles. The van der Waals surface area contributed by atoms with Crippen molar-refractivity contribution in [2.75, 3.05) is 6.54 Å². The highest BCUT2D eigenvalue weighted by molar-refractivity contribution is 5.93. The smallest absolute Gasteiger partial charge is 0.329 e. The lowest BCUT2D eigenvalue weighted by Gasteiger charge is -2.26. The summed E-state index contributed by atoms with van der Waals surface area (Å²) in [5, 5.41) is 4.43. The molecule has 4 rings (SSSR count). The number of nitrogens with zero attached hydrogens (tertiary/aromatic N) is 5. The van der Waals surface area contributed by atoms with Crippen LogP contribution in [0.2, 0.25) is 0 Å². The molecular formula is C16H19N5O2. The van der Waals surface area contributed by atoms with Crippen LogP contribution in [0.15, 0.2) is 23.1 Å². The lowest BCUT2D eigenvalue weighted by atomic mass is 10.2. The molecular weight excluding hydrogens is 294 g/mol. The van der Waals surface area contributed by atoms with Gasteiger partial charge in [-0.2, -0.15) is 5.10 Å². The van der Waals surface area contributed by atoms with Gasteiger partial charge in [0, 0.05) is 31.5 Å². The predicted octanol–water partition coefficient (Wildman–Crippen LogP) is 0.814. The maximum Gasteiger partial charge on any atom is 0.346 e. The van der Waals surface area contributed by atoms with Gasteiger partial charge in [0.1, 0.15) is 0 Å². The zero-order valence-corrected chi connectivity index (χ0v) is 13.1. The van der Waals surface area contributed by atoms with Gasteiger partial charge in [0.2, 0.25) is 0 Å². The number of carbonyl (C=O) groups is 1. The SMILES string of the molecule is Cc1ccc(C(=O)N2CCn3c(nn(CC4CC4)c3=O)C2)cn1. The van der Waals surface area contributed by atoms with Crippen LogP contribution in [0, 0.1) is 12.8 Å². The maximum absolute atomic E-state index is 12.6. The molecule has 0 bridgehead atoms. The van der Waals surface area contributed by atoms with E-state index in [4.69, 9.17) is 0 Å². The third kappa shape index (κ3) is 2.67. The molecule has 1 aliphatic carbocycles. The molecule has 2 aromatic rings. The molecule has 0 atom stereocenters. The molecule has 23 heavy (non-hydrogen) atoms. The highest BCUT2D eigenvalue weighted by atomic mass is 16.2. The van der Waals surface area contributed by atoms with Gasteiger partial charge in [-0.1, -0.05) is 0 Å². The molecule has 2 aromatic heterocycles. The van der Waals surface area contributed by atoms with Crippen molar-refractivity contribution in [3.63, 3.8) is 0 Å². The molecule has 0 unspecified atom stereocenters. The second kappa shape index (κ2) is 5.33. The van der Waals surface area contributed by atoms with E-state index in [9.17, 15) is 9.59 Å². The third-order valence-electron chi connectivity index (χ3n) is 4.50. The topological polar surface area (TPSA) is 73.0 Å². The number of aromatic nitrogens is 4. The summed E-state index contributed by atoms with van der Waals surface area (Å²) in [6, 6.07) is 3.62. The van der Waals surface area contributed by atoms with E-state index in [1.807, 2.05) is 13.0 Å². The summed E-state index contributed by atoms with van der Waals surface area (Å²) in [5.74, 6) is 1.21. The van der Waals surface area contributed by atoms with E-state index < -0.39 is 0 Å². The lowest BCUT2D eigenvalue weighted by Crippen LogP contribution is -2.41. The van der Waals surface area contributed by atoms with Crippen molar-refractivity contribution in [2.24, 2.45) is 5.92 Å². The highest BCUT2D eigenvalue weighted by Gasteiger charge is 2.28. The van der Waals surface area contributed by atoms with Crippen LogP contribution in [0.3, 0.4) is 0 Å². The number of aryl methyl sites for hydroxylation is 1. The van der Waals surface area contributed by atoms with Gasteiger partial charge in [-0.05, 0) is 37.8 Å². The summed E-state index contributed by atoms with van der Waals surface area (Å²) in [5.41, 5.74) is 1.41. The largest absolute Gasteiger partial charge is 0.346 e. The standard InChI is InChI=1S/C16H19N5O2/c1-11-2-5-13(8-17-11)15(22)19-6-7-20-14(10-19)18-21(16(20)23)9-12-3-4-12/h2,5,8,12H,3-4,6-7,9-10H2,1H3. The minimum absolute atomic E-state index is 0.0454. The highest BCUT2D eigenvalue weighted by Crippen LogP contribution is 2.29. The zero-order valence-electron chi connectivity index (χ0n) is 13.1. The third-order valence-corrected chi connectivity index (χ3v) is 4.50. The Kier molecular flexibility index (Phi) is 3.28. The predicted molar refractivity (Wildman–Crippen MR) is 82.9 cm³/mol. The molecule has 1 saturated carbocycles. The summed E-state index contributed by atoms with van der Waals surface area (Å²) < 4.78 is 3.26. The monoisotopic (exact) mass is 313 g/mol. The fourth-order valence-electron chi connectivity index (χ4n) is 2.91. The Labute approximate surface area is 133 Å². The Morgan fingerprint density at radius 1 is 1.30 bits per heavy atom. The normalized spacial score (nSPS) is 17.2. The molecule has 0 spiro atoms. The van der Waals surface area contributed by atoms with Crippen molar-refractivity contribution >= 4 is 5.91 Å². The summed E-state index contributed by atoms with van der Waals surface area (Å²) in [6.45, 7) is 3.99. The first-order valence-corrected chi connectivity index (χ1v) is 8.00. The van der Waals surface area contributed by atoms with E-state index in [1.165, 1.54) is 12.8 Å². The minimum atomic E-state index is -0.0621. The molecule has 1 aliphatic heterocycles. The van der Waals surface area contributed by atoms with Crippen LogP contribution in [0.1, 0.15) is 34.7 Å². The van der Waals surface area contributed by atoms with Gasteiger partial charge in [-0.15, -0.1) is 0 Å². The lowest BCUT2D eigenvalue weighted by molar-refractivity contribution is 0.0706. The van der Waals surface area contributed by atoms with E-state index in [1.54, 1.807) is 26.4 Å². The molecule has 120 valence electrons. The van der Waals surface area contributed by atoms with Crippen molar-refractivity contribution in [1.29, 1.82) is 0 Å². The average molecular weight is 313 g/mol. The first kappa shape index (κ1) is 14.2. The van der Waals surface area contributed by atoms with E-state index in [2.05, 4.69) is 10.1 Å². The molecule has 7 heteroatoms. The summed E-state index contributed by atoms with van der Waals surface area (Å²) in [6.07, 6.45) is 3.96. The number of hydrogen-bond acceptors (Lipinski definition) is 4. The van der Waals surface area contributed by atoms with E-state index >= 15 is 0 Å². The van der Waals surface area contributed by atoms with Crippen molar-refractivity contribution in [2.45, 2.75) is 39.4 Å². The Morgan fingerprint density at radius 2 is 2.13 bits per heavy atom. The summed E-state index contributed by atoms with van der Waals surface area (Å²) in [7, 11) is 0. The van der Waals surface area contributed by atoms with Crippen molar-refractivity contribution in [1.82, 2.24) is 24.2 Å². The minimum Gasteiger partial charge on any atom is -0.329 e. The molecule has 0 saturated heterocycles. The quantitative estimate of drug-likeness (QED) is 0.841. The number of amides is 1. The van der Waals surface area contributed by atoms with Crippen LogP contribution >= 0.6 is 0 Å². The first-order chi connectivity index (χ1) is 11.1. The molecule has 0 radical (unpaired) electrons. The van der Waals surface area contributed by atoms with Gasteiger partial charge in [0.25, 0.3) is 5.91 Å². The van der Waals surface area contributed by atoms with Crippen molar-refractivity contribution < 1.29 is 4.79 Å². The number of rotatable bonds is 3. The number of hydrogen-bond donors (Lipinski definition) is 0. The van der Waals surface area contributed by atoms with Crippen molar-refractivity contribution in [3.05, 3.63) is 45.9 Å². The Hall–Kier alpha value is -2.44. The molecule has 1 amide bonds. The molecule has 7 nitrogen and oxygen atoms in total. The van der Waals surface area contributed by atoms with Crippen molar-refractivity contribution in [3.8, 4) is 0 Å². The van der Waals surface area contributed by atoms with Gasteiger partial charge in [-0.25, -0.2) is 9.48 Å².